The molecule has 2 amide bonds. The zero-order valence-electron chi connectivity index (χ0n) is 22.0. The van der Waals surface area contributed by atoms with Gasteiger partial charge in [0.25, 0.3) is 5.91 Å². The van der Waals surface area contributed by atoms with Gasteiger partial charge in [-0.05, 0) is 43.0 Å². The Kier molecular flexibility index (Phi) is 6.20. The average Bonchev–Trinajstić information content (AvgIpc) is 3.44. The van der Waals surface area contributed by atoms with Crippen LogP contribution in [0.1, 0.15) is 47.2 Å². The molecule has 6 rings (SSSR count). The van der Waals surface area contributed by atoms with E-state index in [2.05, 4.69) is 15.4 Å². The van der Waals surface area contributed by atoms with Crippen molar-refractivity contribution in [1.29, 1.82) is 0 Å². The minimum atomic E-state index is -1.79. The fourth-order valence-electron chi connectivity index (χ4n) is 5.22. The molecule has 0 radical (unpaired) electrons. The Morgan fingerprint density at radius 1 is 1.15 bits per heavy atom. The van der Waals surface area contributed by atoms with E-state index in [4.69, 9.17) is 4.74 Å². The number of carboxylic acid groups (broad SMARTS) is 1. The smallest absolute Gasteiger partial charge is 0.407 e. The van der Waals surface area contributed by atoms with Crippen LogP contribution in [0.3, 0.4) is 0 Å². The molecule has 208 valence electrons. The van der Waals surface area contributed by atoms with Crippen LogP contribution >= 0.6 is 0 Å². The molecule has 2 N–H and O–H groups in total. The van der Waals surface area contributed by atoms with Gasteiger partial charge in [0.15, 0.2) is 5.82 Å². The largest absolute Gasteiger partial charge is 0.496 e. The summed E-state index contributed by atoms with van der Waals surface area (Å²) in [6.07, 6.45) is 7.30. The Morgan fingerprint density at radius 2 is 1.90 bits per heavy atom. The summed E-state index contributed by atoms with van der Waals surface area (Å²) in [5, 5.41) is 16.6. The highest BCUT2D eigenvalue weighted by Crippen LogP contribution is 2.42. The van der Waals surface area contributed by atoms with E-state index in [0.717, 1.165) is 12.8 Å². The summed E-state index contributed by atoms with van der Waals surface area (Å²) in [5.41, 5.74) is 0.995. The van der Waals surface area contributed by atoms with E-state index in [1.54, 1.807) is 46.9 Å². The standard InChI is InChI=1S/C28H28F2N6O4/c1-16-9-22(29)20(26(37)33-18-3-4-18)10-19(16)17-12-32-36(14-17)25-13-31-24-11-23(40-2)21(15-35(24)25)28(30)5-7-34(8-6-28)27(38)39/h9-15,18H,3-8H2,1-2H3,(H,33,37)(H,38,39). The predicted molar refractivity (Wildman–Crippen MR) is 141 cm³/mol. The highest BCUT2D eigenvalue weighted by molar-refractivity contribution is 5.96. The van der Waals surface area contributed by atoms with Gasteiger partial charge in [-0.3, -0.25) is 9.20 Å². The fourth-order valence-corrected chi connectivity index (χ4v) is 5.22. The molecule has 0 atom stereocenters. The molecule has 0 spiro atoms. The Hall–Kier alpha value is -4.48. The molecule has 1 aromatic carbocycles. The predicted octanol–water partition coefficient (Wildman–Crippen LogP) is 4.47. The van der Waals surface area contributed by atoms with Crippen LogP contribution in [0.5, 0.6) is 5.75 Å². The van der Waals surface area contributed by atoms with Crippen LogP contribution in [0.15, 0.2) is 43.0 Å². The van der Waals surface area contributed by atoms with Gasteiger partial charge in [-0.1, -0.05) is 0 Å². The number of imidazole rings is 1. The lowest BCUT2D eigenvalue weighted by atomic mass is 9.86. The van der Waals surface area contributed by atoms with E-state index in [9.17, 15) is 19.1 Å². The zero-order valence-corrected chi connectivity index (χ0v) is 22.0. The van der Waals surface area contributed by atoms with Gasteiger partial charge in [0.05, 0.1) is 25.1 Å². The van der Waals surface area contributed by atoms with E-state index < -0.39 is 23.5 Å². The molecule has 0 unspecified atom stereocenters. The second-order valence-electron chi connectivity index (χ2n) is 10.4. The number of nitrogens with zero attached hydrogens (tertiary/aromatic N) is 5. The Balaban J connectivity index is 1.35. The SMILES string of the molecule is COc1cc2ncc(-n3cc(-c4cc(C(=O)NC5CC5)c(F)cc4C)cn3)n2cc1C1(F)CCN(C(=O)O)CC1. The summed E-state index contributed by atoms with van der Waals surface area (Å²) < 4.78 is 39.7. The summed E-state index contributed by atoms with van der Waals surface area (Å²) in [6, 6.07) is 4.63. The van der Waals surface area contributed by atoms with Crippen LogP contribution in [0.4, 0.5) is 13.6 Å². The number of rotatable bonds is 6. The first-order chi connectivity index (χ1) is 19.2. The van der Waals surface area contributed by atoms with Crippen molar-refractivity contribution in [2.75, 3.05) is 20.2 Å². The zero-order chi connectivity index (χ0) is 28.2. The summed E-state index contributed by atoms with van der Waals surface area (Å²) in [5.74, 6) is -0.158. The van der Waals surface area contributed by atoms with Gasteiger partial charge in [-0.15, -0.1) is 0 Å². The number of hydrogen-bond donors (Lipinski definition) is 2. The molecule has 0 bridgehead atoms. The molecule has 10 nitrogen and oxygen atoms in total. The summed E-state index contributed by atoms with van der Waals surface area (Å²) in [7, 11) is 1.46. The molecule has 4 aromatic rings. The number of methoxy groups -OCH3 is 1. The minimum absolute atomic E-state index is 0.00236. The number of halogens is 2. The fraction of sp³-hybridized carbons (Fsp3) is 0.357. The van der Waals surface area contributed by atoms with Crippen molar-refractivity contribution in [2.45, 2.75) is 44.3 Å². The van der Waals surface area contributed by atoms with Gasteiger partial charge in [0, 0.05) is 61.6 Å². The van der Waals surface area contributed by atoms with Crippen LogP contribution in [0, 0.1) is 12.7 Å². The lowest BCUT2D eigenvalue weighted by molar-refractivity contribution is 0.0531. The third kappa shape index (κ3) is 4.52. The lowest BCUT2D eigenvalue weighted by Crippen LogP contribution is -2.42. The first-order valence-corrected chi connectivity index (χ1v) is 13.1. The molecule has 1 saturated carbocycles. The molecule has 2 aliphatic rings. The van der Waals surface area contributed by atoms with Crippen molar-refractivity contribution in [3.8, 4) is 22.7 Å². The molecule has 4 heterocycles. The van der Waals surface area contributed by atoms with Gasteiger partial charge in [0.2, 0.25) is 0 Å². The van der Waals surface area contributed by atoms with E-state index in [-0.39, 0.29) is 37.5 Å². The maximum absolute atomic E-state index is 16.2. The molecular formula is C28H28F2N6O4. The highest BCUT2D eigenvalue weighted by atomic mass is 19.1. The number of nitrogens with one attached hydrogen (secondary N) is 1. The molecule has 1 saturated heterocycles. The van der Waals surface area contributed by atoms with Crippen LogP contribution in [-0.4, -0.2) is 67.4 Å². The number of fused-ring (bicyclic) bond motifs is 1. The quantitative estimate of drug-likeness (QED) is 0.366. The average molecular weight is 551 g/mol. The number of carbonyl (C=O) groups is 2. The van der Waals surface area contributed by atoms with Crippen LogP contribution in [0.25, 0.3) is 22.6 Å². The van der Waals surface area contributed by atoms with Gasteiger partial charge in [0.1, 0.15) is 22.9 Å². The van der Waals surface area contributed by atoms with Gasteiger partial charge < -0.3 is 20.1 Å². The van der Waals surface area contributed by atoms with E-state index in [1.807, 2.05) is 0 Å². The van der Waals surface area contributed by atoms with Crippen molar-refractivity contribution in [1.82, 2.24) is 29.4 Å². The third-order valence-electron chi connectivity index (χ3n) is 7.72. The molecule has 40 heavy (non-hydrogen) atoms. The van der Waals surface area contributed by atoms with Crippen LogP contribution in [0.2, 0.25) is 0 Å². The lowest BCUT2D eigenvalue weighted by Gasteiger charge is -2.35. The molecule has 2 fully saturated rings. The monoisotopic (exact) mass is 550 g/mol. The number of ether oxygens (including phenoxy) is 1. The maximum Gasteiger partial charge on any atom is 0.407 e. The number of aryl methyl sites for hydroxylation is 1. The van der Waals surface area contributed by atoms with Gasteiger partial charge in [-0.2, -0.15) is 5.10 Å². The first-order valence-electron chi connectivity index (χ1n) is 13.1. The van der Waals surface area contributed by atoms with Crippen LogP contribution < -0.4 is 10.1 Å². The van der Waals surface area contributed by atoms with Crippen molar-refractivity contribution in [3.63, 3.8) is 0 Å². The Bertz CT molecular complexity index is 1640. The number of benzene rings is 1. The van der Waals surface area contributed by atoms with Crippen molar-refractivity contribution >= 4 is 17.6 Å². The van der Waals surface area contributed by atoms with E-state index in [1.165, 1.54) is 24.1 Å². The number of amides is 2. The molecular weight excluding hydrogens is 522 g/mol. The molecule has 3 aromatic heterocycles. The number of alkyl halides is 1. The number of pyridine rings is 1. The minimum Gasteiger partial charge on any atom is -0.496 e. The topological polar surface area (TPSA) is 114 Å². The van der Waals surface area contributed by atoms with Crippen molar-refractivity contribution < 1.29 is 28.2 Å². The van der Waals surface area contributed by atoms with E-state index in [0.29, 0.717) is 39.5 Å². The second kappa shape index (κ2) is 9.61. The summed E-state index contributed by atoms with van der Waals surface area (Å²) in [6.45, 7) is 1.91. The number of piperidine rings is 1. The Morgan fingerprint density at radius 3 is 2.58 bits per heavy atom. The number of carbonyl (C=O) groups excluding carboxylic acids is 1. The van der Waals surface area contributed by atoms with Gasteiger partial charge >= 0.3 is 6.09 Å². The molecule has 12 heteroatoms. The number of likely N-dealkylation sites (tertiary alicyclic amines) is 1. The number of hydrogen-bond acceptors (Lipinski definition) is 5. The third-order valence-corrected chi connectivity index (χ3v) is 7.72. The maximum atomic E-state index is 16.2. The summed E-state index contributed by atoms with van der Waals surface area (Å²) >= 11 is 0. The summed E-state index contributed by atoms with van der Waals surface area (Å²) in [4.78, 5) is 29.6. The molecule has 1 aliphatic carbocycles. The van der Waals surface area contributed by atoms with Gasteiger partial charge in [-0.25, -0.2) is 23.2 Å². The van der Waals surface area contributed by atoms with Crippen molar-refractivity contribution in [3.05, 3.63) is 65.5 Å². The van der Waals surface area contributed by atoms with Crippen molar-refractivity contribution in [2.24, 2.45) is 0 Å². The van der Waals surface area contributed by atoms with E-state index >= 15 is 4.39 Å². The number of aromatic nitrogens is 4. The normalized spacial score (nSPS) is 16.8. The molecule has 1 aliphatic heterocycles. The second-order valence-corrected chi connectivity index (χ2v) is 10.4. The van der Waals surface area contributed by atoms with Crippen LogP contribution in [-0.2, 0) is 5.67 Å². The highest BCUT2D eigenvalue weighted by Gasteiger charge is 2.40. The first kappa shape index (κ1) is 25.8. The Labute approximate surface area is 228 Å².